The average Bonchev–Trinajstić information content (AvgIpc) is 2.82. The van der Waals surface area contributed by atoms with Gasteiger partial charge in [0.1, 0.15) is 11.5 Å². The fraction of sp³-hybridized carbons (Fsp3) is 0.571. The van der Waals surface area contributed by atoms with E-state index in [9.17, 15) is 0 Å². The molecule has 2 aromatic carbocycles. The third kappa shape index (κ3) is 10.2. The van der Waals surface area contributed by atoms with Crippen molar-refractivity contribution in [3.05, 3.63) is 48.5 Å². The highest BCUT2D eigenvalue weighted by Crippen LogP contribution is 2.24. The summed E-state index contributed by atoms with van der Waals surface area (Å²) in [6.45, 7) is 8.98. The Morgan fingerprint density at radius 3 is 1.52 bits per heavy atom. The molecular formula is C28H43NO2. The first kappa shape index (κ1) is 25.3. The van der Waals surface area contributed by atoms with Gasteiger partial charge < -0.3 is 14.4 Å². The maximum atomic E-state index is 5.92. The summed E-state index contributed by atoms with van der Waals surface area (Å²) in [5.74, 6) is 1.84. The first-order chi connectivity index (χ1) is 15.3. The molecule has 0 N–H and O–H groups in total. The van der Waals surface area contributed by atoms with Gasteiger partial charge in [0.2, 0.25) is 0 Å². The SMILES string of the molecule is CCN(CC)CCCCCCCCCCCOc1ccc(-c2ccc(OC)cc2)cc1. The Morgan fingerprint density at radius 1 is 0.581 bits per heavy atom. The van der Waals surface area contributed by atoms with Crippen molar-refractivity contribution in [3.8, 4) is 22.6 Å². The van der Waals surface area contributed by atoms with Crippen molar-refractivity contribution in [1.82, 2.24) is 4.90 Å². The molecule has 2 aromatic rings. The van der Waals surface area contributed by atoms with E-state index in [2.05, 4.69) is 55.1 Å². The summed E-state index contributed by atoms with van der Waals surface area (Å²) in [5, 5.41) is 0. The van der Waals surface area contributed by atoms with Crippen molar-refractivity contribution in [2.24, 2.45) is 0 Å². The van der Waals surface area contributed by atoms with Gasteiger partial charge in [-0.25, -0.2) is 0 Å². The Hall–Kier alpha value is -2.00. The Balaban J connectivity index is 1.47. The van der Waals surface area contributed by atoms with Crippen LogP contribution < -0.4 is 9.47 Å². The van der Waals surface area contributed by atoms with Crippen molar-refractivity contribution in [3.63, 3.8) is 0 Å². The summed E-state index contributed by atoms with van der Waals surface area (Å²) in [4.78, 5) is 2.53. The molecule has 0 radical (unpaired) electrons. The number of benzene rings is 2. The van der Waals surface area contributed by atoms with Crippen molar-refractivity contribution < 1.29 is 9.47 Å². The number of ether oxygens (including phenoxy) is 2. The quantitative estimate of drug-likeness (QED) is 0.244. The third-order valence-corrected chi connectivity index (χ3v) is 6.06. The fourth-order valence-corrected chi connectivity index (χ4v) is 3.93. The van der Waals surface area contributed by atoms with Gasteiger partial charge in [0.05, 0.1) is 13.7 Å². The smallest absolute Gasteiger partial charge is 0.119 e. The van der Waals surface area contributed by atoms with Crippen LogP contribution in [0.15, 0.2) is 48.5 Å². The Morgan fingerprint density at radius 2 is 1.03 bits per heavy atom. The van der Waals surface area contributed by atoms with Gasteiger partial charge in [0.15, 0.2) is 0 Å². The fourth-order valence-electron chi connectivity index (χ4n) is 3.93. The predicted octanol–water partition coefficient (Wildman–Crippen LogP) is 7.59. The van der Waals surface area contributed by atoms with Crippen LogP contribution in [0.1, 0.15) is 71.6 Å². The van der Waals surface area contributed by atoms with Crippen LogP contribution in [0.4, 0.5) is 0 Å². The molecule has 0 aliphatic rings. The van der Waals surface area contributed by atoms with Crippen molar-refractivity contribution in [2.45, 2.75) is 71.6 Å². The first-order valence-electron chi connectivity index (χ1n) is 12.4. The number of rotatable bonds is 17. The Bertz CT molecular complexity index is 677. The molecule has 2 rings (SSSR count). The van der Waals surface area contributed by atoms with Crippen LogP contribution in [0, 0.1) is 0 Å². The molecular weight excluding hydrogens is 382 g/mol. The molecule has 0 aliphatic carbocycles. The Kier molecular flexibility index (Phi) is 12.8. The van der Waals surface area contributed by atoms with E-state index in [4.69, 9.17) is 9.47 Å². The molecule has 3 nitrogen and oxygen atoms in total. The van der Waals surface area contributed by atoms with Gasteiger partial charge in [-0.15, -0.1) is 0 Å². The van der Waals surface area contributed by atoms with E-state index < -0.39 is 0 Å². The summed E-state index contributed by atoms with van der Waals surface area (Å²) in [6, 6.07) is 16.5. The van der Waals surface area contributed by atoms with E-state index in [1.807, 2.05) is 12.1 Å². The van der Waals surface area contributed by atoms with E-state index in [0.717, 1.165) is 24.5 Å². The lowest BCUT2D eigenvalue weighted by Gasteiger charge is -2.17. The van der Waals surface area contributed by atoms with E-state index >= 15 is 0 Å². The van der Waals surface area contributed by atoms with Gasteiger partial charge >= 0.3 is 0 Å². The topological polar surface area (TPSA) is 21.7 Å². The second kappa shape index (κ2) is 15.8. The minimum Gasteiger partial charge on any atom is -0.497 e. The highest BCUT2D eigenvalue weighted by atomic mass is 16.5. The van der Waals surface area contributed by atoms with E-state index in [0.29, 0.717) is 0 Å². The number of hydrogen-bond acceptors (Lipinski definition) is 3. The maximum absolute atomic E-state index is 5.92. The van der Waals surface area contributed by atoms with Gasteiger partial charge in [0.25, 0.3) is 0 Å². The van der Waals surface area contributed by atoms with Crippen LogP contribution in [0.2, 0.25) is 0 Å². The number of hydrogen-bond donors (Lipinski definition) is 0. The van der Waals surface area contributed by atoms with Crippen LogP contribution >= 0.6 is 0 Å². The monoisotopic (exact) mass is 425 g/mol. The van der Waals surface area contributed by atoms with Crippen LogP contribution in [0.25, 0.3) is 11.1 Å². The van der Waals surface area contributed by atoms with Gasteiger partial charge in [-0.1, -0.05) is 83.1 Å². The maximum Gasteiger partial charge on any atom is 0.119 e. The zero-order valence-corrected chi connectivity index (χ0v) is 20.1. The molecule has 0 heterocycles. The second-order valence-corrected chi connectivity index (χ2v) is 8.31. The highest BCUT2D eigenvalue weighted by Gasteiger charge is 2.01. The van der Waals surface area contributed by atoms with Crippen LogP contribution in [-0.4, -0.2) is 38.3 Å². The number of methoxy groups -OCH3 is 1. The molecule has 31 heavy (non-hydrogen) atoms. The minimum atomic E-state index is 0.813. The average molecular weight is 426 g/mol. The van der Waals surface area contributed by atoms with Crippen LogP contribution in [0.3, 0.4) is 0 Å². The molecule has 172 valence electrons. The number of unbranched alkanes of at least 4 members (excludes halogenated alkanes) is 8. The summed E-state index contributed by atoms with van der Waals surface area (Å²) in [7, 11) is 1.69. The van der Waals surface area contributed by atoms with E-state index in [-0.39, 0.29) is 0 Å². The normalized spacial score (nSPS) is 11.1. The van der Waals surface area contributed by atoms with Crippen molar-refractivity contribution >= 4 is 0 Å². The number of nitrogens with zero attached hydrogens (tertiary/aromatic N) is 1. The molecule has 0 amide bonds. The summed E-state index contributed by atoms with van der Waals surface area (Å²) >= 11 is 0. The van der Waals surface area contributed by atoms with E-state index in [1.54, 1.807) is 7.11 Å². The van der Waals surface area contributed by atoms with Crippen LogP contribution in [0.5, 0.6) is 11.5 Å². The predicted molar refractivity (Wildman–Crippen MR) is 133 cm³/mol. The first-order valence-corrected chi connectivity index (χ1v) is 12.4. The molecule has 0 bridgehead atoms. The molecule has 0 spiro atoms. The zero-order valence-electron chi connectivity index (χ0n) is 20.1. The molecule has 0 saturated heterocycles. The van der Waals surface area contributed by atoms with Crippen molar-refractivity contribution in [2.75, 3.05) is 33.4 Å². The molecule has 0 saturated carbocycles. The Labute approximate surface area is 190 Å². The standard InChI is InChI=1S/C28H43NO2/c1-4-29(5-2)23-13-11-9-7-6-8-10-12-14-24-31-28-21-17-26(18-22-28)25-15-19-27(30-3)20-16-25/h15-22H,4-14,23-24H2,1-3H3. The highest BCUT2D eigenvalue weighted by molar-refractivity contribution is 5.64. The molecule has 0 aliphatic heterocycles. The lowest BCUT2D eigenvalue weighted by atomic mass is 10.1. The minimum absolute atomic E-state index is 0.813. The molecule has 0 unspecified atom stereocenters. The van der Waals surface area contributed by atoms with Gasteiger partial charge in [-0.05, 0) is 67.9 Å². The lowest BCUT2D eigenvalue weighted by Crippen LogP contribution is -2.23. The van der Waals surface area contributed by atoms with Crippen LogP contribution in [-0.2, 0) is 0 Å². The van der Waals surface area contributed by atoms with Gasteiger partial charge in [-0.2, -0.15) is 0 Å². The van der Waals surface area contributed by atoms with Gasteiger partial charge in [0, 0.05) is 0 Å². The molecule has 3 heteroatoms. The molecule has 0 atom stereocenters. The third-order valence-electron chi connectivity index (χ3n) is 6.06. The van der Waals surface area contributed by atoms with E-state index in [1.165, 1.54) is 82.1 Å². The van der Waals surface area contributed by atoms with Crippen molar-refractivity contribution in [1.29, 1.82) is 0 Å². The second-order valence-electron chi connectivity index (χ2n) is 8.31. The lowest BCUT2D eigenvalue weighted by molar-refractivity contribution is 0.295. The van der Waals surface area contributed by atoms with Gasteiger partial charge in [-0.3, -0.25) is 0 Å². The summed E-state index contributed by atoms with van der Waals surface area (Å²) in [6.07, 6.45) is 12.1. The summed E-state index contributed by atoms with van der Waals surface area (Å²) < 4.78 is 11.1. The largest absolute Gasteiger partial charge is 0.497 e. The molecule has 0 aromatic heterocycles. The molecule has 0 fully saturated rings. The zero-order chi connectivity index (χ0) is 22.2. The summed E-state index contributed by atoms with van der Waals surface area (Å²) in [5.41, 5.74) is 2.39.